The van der Waals surface area contributed by atoms with Gasteiger partial charge < -0.3 is 44.5 Å². The number of hydrogen-bond donors (Lipinski definition) is 4. The van der Waals surface area contributed by atoms with Crippen molar-refractivity contribution < 1.29 is 97.5 Å². The topological polar surface area (TPSA) is 181 Å². The number of ether oxygens (including phenoxy) is 4. The number of Topliss-reactive ketones (excluding diaryl/α,β-unsaturated/α-hetero) is 1. The largest absolute Gasteiger partial charge is 0.456 e. The molecule has 2 amide bonds. The van der Waals surface area contributed by atoms with Crippen molar-refractivity contribution in [3.8, 4) is 0 Å². The Bertz CT molecular complexity index is 1850. The first-order valence-electron chi connectivity index (χ1n) is 19.2. The second-order valence-corrected chi connectivity index (χ2v) is 16.7. The zero-order valence-electron chi connectivity index (χ0n) is 32.6. The van der Waals surface area contributed by atoms with E-state index in [4.69, 9.17) is 18.9 Å². The van der Waals surface area contributed by atoms with Gasteiger partial charge in [-0.1, -0.05) is 76.2 Å². The molecule has 0 spiro atoms. The summed E-state index contributed by atoms with van der Waals surface area (Å²) in [7, 11) is 0. The SMILES string of the molecule is CC1=C2C(OC(=O)N3CCOCC3)C(=O)[C@]3(C)CCC4OCC4(O)C3[C@H](C)C(O)(CC1OC(=O)C(O)C(NC(=O)c1ccccc1)c1ccccc1)C2(C)C.[Ac]. The minimum Gasteiger partial charge on any atom is -0.456 e. The molecule has 2 aromatic carbocycles. The summed E-state index contributed by atoms with van der Waals surface area (Å²) in [6, 6.07) is 15.7. The fourth-order valence-corrected chi connectivity index (χ4v) is 10.3. The van der Waals surface area contributed by atoms with Gasteiger partial charge in [0.05, 0.1) is 37.6 Å². The van der Waals surface area contributed by atoms with Crippen molar-refractivity contribution in [2.45, 2.75) is 95.5 Å². The fraction of sp³-hybridized carbons (Fsp3) is 0.571. The van der Waals surface area contributed by atoms with Crippen molar-refractivity contribution >= 4 is 23.8 Å². The number of amides is 2. The number of benzene rings is 2. The molecule has 2 saturated heterocycles. The molecule has 2 bridgehead atoms. The molecular formula is C42H52AcN2O11. The third-order valence-corrected chi connectivity index (χ3v) is 13.5. The van der Waals surface area contributed by atoms with E-state index in [0.717, 1.165) is 0 Å². The zero-order chi connectivity index (χ0) is 39.5. The maximum Gasteiger partial charge on any atom is 0.410 e. The van der Waals surface area contributed by atoms with E-state index < -0.39 is 88.1 Å². The van der Waals surface area contributed by atoms with Gasteiger partial charge in [0.15, 0.2) is 18.0 Å². The number of nitrogens with zero attached hydrogens (tertiary/aromatic N) is 1. The number of fused-ring (bicyclic) bond motifs is 5. The van der Waals surface area contributed by atoms with E-state index in [1.54, 1.807) is 88.4 Å². The maximum atomic E-state index is 15.2. The van der Waals surface area contributed by atoms with Crippen LogP contribution >= 0.6 is 0 Å². The van der Waals surface area contributed by atoms with Crippen LogP contribution < -0.4 is 5.32 Å². The van der Waals surface area contributed by atoms with Gasteiger partial charge in [-0.25, -0.2) is 9.59 Å². The number of aliphatic hydroxyl groups is 3. The fourth-order valence-electron chi connectivity index (χ4n) is 10.3. The molecule has 1 radical (unpaired) electrons. The van der Waals surface area contributed by atoms with Gasteiger partial charge in [0.1, 0.15) is 11.7 Å². The molecule has 2 aliphatic heterocycles. The standard InChI is InChI=1S/C42H52N2O11.Ac/c1-24-28(54-37(48)32(45)31(26-12-8-6-9-13-26)43-36(47)27-14-10-7-11-15-27)22-42(51)25(2)34-40(5,17-16-29-41(34,50)23-53-29)35(46)33(30(24)39(42,3)4)55-38(49)44-18-20-52-21-19-44;/h6-15,25,28-29,31-34,45,50-51H,16-23H2,1-5H3,(H,43,47);/t25-,28?,29?,31?,32?,33?,34?,40+,41?,42?;/m0./s1. The molecular weight excluding hydrogens is 935 g/mol. The number of carbonyl (C=O) groups excluding carboxylic acids is 4. The smallest absolute Gasteiger partial charge is 0.410 e. The van der Waals surface area contributed by atoms with Gasteiger partial charge in [-0.2, -0.15) is 0 Å². The Morgan fingerprint density at radius 1 is 0.964 bits per heavy atom. The second-order valence-electron chi connectivity index (χ2n) is 16.7. The third-order valence-electron chi connectivity index (χ3n) is 13.5. The van der Waals surface area contributed by atoms with E-state index in [1.165, 1.54) is 4.90 Å². The molecule has 3 aliphatic carbocycles. The predicted octanol–water partition coefficient (Wildman–Crippen LogP) is 3.51. The molecule has 4 N–H and O–H groups in total. The van der Waals surface area contributed by atoms with Crippen LogP contribution in [0.2, 0.25) is 0 Å². The summed E-state index contributed by atoms with van der Waals surface area (Å²) in [5, 5.41) is 39.8. The maximum absolute atomic E-state index is 15.2. The quantitative estimate of drug-likeness (QED) is 0.236. The Labute approximate surface area is 363 Å². The normalized spacial score (nSPS) is 34.5. The second kappa shape index (κ2) is 16.2. The van der Waals surface area contributed by atoms with E-state index in [9.17, 15) is 29.7 Å². The van der Waals surface area contributed by atoms with Gasteiger partial charge in [-0.05, 0) is 54.5 Å². The van der Waals surface area contributed by atoms with E-state index in [2.05, 4.69) is 5.32 Å². The van der Waals surface area contributed by atoms with Gasteiger partial charge in [-0.3, -0.25) is 9.59 Å². The van der Waals surface area contributed by atoms with Crippen molar-refractivity contribution in [2.24, 2.45) is 22.7 Å². The molecule has 299 valence electrons. The van der Waals surface area contributed by atoms with E-state index in [0.29, 0.717) is 48.3 Å². The van der Waals surface area contributed by atoms with Crippen LogP contribution in [-0.4, -0.2) is 113 Å². The van der Waals surface area contributed by atoms with Gasteiger partial charge in [0.2, 0.25) is 0 Å². The molecule has 4 fully saturated rings. The number of nitrogens with one attached hydrogen (secondary N) is 1. The average Bonchev–Trinajstić information content (AvgIpc) is 3.17. The van der Waals surface area contributed by atoms with Crippen LogP contribution in [0.5, 0.6) is 0 Å². The average molecular weight is 988 g/mol. The van der Waals surface area contributed by atoms with Crippen LogP contribution in [0.1, 0.15) is 75.8 Å². The number of carbonyl (C=O) groups is 4. The van der Waals surface area contributed by atoms with Crippen molar-refractivity contribution in [1.82, 2.24) is 10.2 Å². The molecule has 13 nitrogen and oxygen atoms in total. The van der Waals surface area contributed by atoms with Crippen molar-refractivity contribution in [2.75, 3.05) is 32.9 Å². The molecule has 0 aromatic heterocycles. The number of hydrogen-bond acceptors (Lipinski definition) is 11. The molecule has 5 aliphatic rings. The van der Waals surface area contributed by atoms with Gasteiger partial charge in [0, 0.05) is 85.9 Å². The molecule has 56 heavy (non-hydrogen) atoms. The Morgan fingerprint density at radius 2 is 1.59 bits per heavy atom. The summed E-state index contributed by atoms with van der Waals surface area (Å²) in [5.41, 5.74) is -4.15. The minimum atomic E-state index is -1.88. The molecule has 14 heteroatoms. The molecule has 2 heterocycles. The van der Waals surface area contributed by atoms with Crippen LogP contribution in [0.4, 0.5) is 4.79 Å². The third kappa shape index (κ3) is 7.09. The van der Waals surface area contributed by atoms with Gasteiger partial charge in [0.25, 0.3) is 5.91 Å². The van der Waals surface area contributed by atoms with Gasteiger partial charge >= 0.3 is 12.1 Å². The van der Waals surface area contributed by atoms with E-state index >= 15 is 4.79 Å². The first kappa shape index (κ1) is 42.9. The summed E-state index contributed by atoms with van der Waals surface area (Å²) >= 11 is 0. The van der Waals surface area contributed by atoms with Crippen molar-refractivity contribution in [1.29, 1.82) is 0 Å². The van der Waals surface area contributed by atoms with Crippen LogP contribution in [0.3, 0.4) is 0 Å². The van der Waals surface area contributed by atoms with E-state index in [-0.39, 0.29) is 70.2 Å². The Morgan fingerprint density at radius 3 is 2.20 bits per heavy atom. The van der Waals surface area contributed by atoms with Gasteiger partial charge in [-0.15, -0.1) is 0 Å². The van der Waals surface area contributed by atoms with Crippen molar-refractivity contribution in [3.05, 3.63) is 82.9 Å². The summed E-state index contributed by atoms with van der Waals surface area (Å²) in [4.78, 5) is 57.9. The molecule has 8 unspecified atom stereocenters. The first-order chi connectivity index (χ1) is 26.0. The number of aliphatic hydroxyl groups excluding tert-OH is 1. The van der Waals surface area contributed by atoms with E-state index in [1.807, 2.05) is 6.92 Å². The number of morpholine rings is 1. The minimum absolute atomic E-state index is 0. The summed E-state index contributed by atoms with van der Waals surface area (Å²) in [6.07, 6.45) is -5.22. The summed E-state index contributed by atoms with van der Waals surface area (Å²) < 4.78 is 23.6. The van der Waals surface area contributed by atoms with Crippen LogP contribution in [0.15, 0.2) is 71.8 Å². The first-order valence-corrected chi connectivity index (χ1v) is 19.2. The zero-order valence-corrected chi connectivity index (χ0v) is 37.3. The Kier molecular flexibility index (Phi) is 12.4. The van der Waals surface area contributed by atoms with Crippen LogP contribution in [0, 0.1) is 66.7 Å². The molecule has 10 atom stereocenters. The number of ketones is 1. The Balaban J connectivity index is 0.00000532. The molecule has 2 aromatic rings. The Hall–Kier alpha value is -2.70. The van der Waals surface area contributed by atoms with Crippen LogP contribution in [-0.2, 0) is 28.5 Å². The molecule has 2 saturated carbocycles. The summed E-state index contributed by atoms with van der Waals surface area (Å²) in [6.45, 7) is 9.98. The van der Waals surface area contributed by atoms with Crippen LogP contribution in [0.25, 0.3) is 0 Å². The number of esters is 1. The monoisotopic (exact) mass is 987 g/mol. The van der Waals surface area contributed by atoms with Crippen molar-refractivity contribution in [3.63, 3.8) is 0 Å². The number of rotatable bonds is 7. The molecule has 7 rings (SSSR count). The predicted molar refractivity (Wildman–Crippen MR) is 197 cm³/mol. The summed E-state index contributed by atoms with van der Waals surface area (Å²) in [5.74, 6) is -3.56.